The summed E-state index contributed by atoms with van der Waals surface area (Å²) in [5.41, 5.74) is 7.44. The van der Waals surface area contributed by atoms with E-state index in [2.05, 4.69) is 19.2 Å². The second kappa shape index (κ2) is 6.20. The van der Waals surface area contributed by atoms with Gasteiger partial charge in [0.05, 0.1) is 0 Å². The molecule has 1 aliphatic rings. The first-order valence-corrected chi connectivity index (χ1v) is 7.21. The molecule has 3 N–H and O–H groups in total. The maximum Gasteiger partial charge on any atom is 0.251 e. The molecule has 0 spiro atoms. The molecule has 0 aliphatic heterocycles. The molecule has 104 valence electrons. The van der Waals surface area contributed by atoms with Crippen molar-refractivity contribution in [3.8, 4) is 0 Å². The number of carbonyl (C=O) groups excluding carboxylic acids is 1. The van der Waals surface area contributed by atoms with E-state index in [4.69, 9.17) is 5.73 Å². The predicted octanol–water partition coefficient (Wildman–Crippen LogP) is 2.35. The summed E-state index contributed by atoms with van der Waals surface area (Å²) in [6.07, 6.45) is 3.17. The van der Waals surface area contributed by atoms with Crippen molar-refractivity contribution in [3.05, 3.63) is 35.4 Å². The molecule has 19 heavy (non-hydrogen) atoms. The molecule has 2 rings (SSSR count). The lowest BCUT2D eigenvalue weighted by atomic mass is 9.97. The zero-order valence-electron chi connectivity index (χ0n) is 11.9. The Labute approximate surface area is 115 Å². The molecule has 3 heteroatoms. The number of rotatable bonds is 4. The van der Waals surface area contributed by atoms with Gasteiger partial charge in [-0.15, -0.1) is 0 Å². The molecule has 0 heterocycles. The van der Waals surface area contributed by atoms with Crippen LogP contribution in [0.1, 0.15) is 42.6 Å². The summed E-state index contributed by atoms with van der Waals surface area (Å²) in [7, 11) is 0. The van der Waals surface area contributed by atoms with E-state index in [0.29, 0.717) is 24.4 Å². The van der Waals surface area contributed by atoms with E-state index >= 15 is 0 Å². The fourth-order valence-corrected chi connectivity index (χ4v) is 2.81. The van der Waals surface area contributed by atoms with Gasteiger partial charge in [0.2, 0.25) is 0 Å². The summed E-state index contributed by atoms with van der Waals surface area (Å²) in [5, 5.41) is 3.16. The first-order chi connectivity index (χ1) is 9.11. The summed E-state index contributed by atoms with van der Waals surface area (Å²) >= 11 is 0. The number of hydrogen-bond acceptors (Lipinski definition) is 2. The normalized spacial score (nSPS) is 26.4. The molecule has 1 aromatic carbocycles. The Balaban J connectivity index is 1.96. The van der Waals surface area contributed by atoms with Crippen molar-refractivity contribution in [2.24, 2.45) is 17.6 Å². The molecule has 1 saturated carbocycles. The topological polar surface area (TPSA) is 55.1 Å². The number of amides is 1. The highest BCUT2D eigenvalue weighted by Gasteiger charge is 2.30. The number of benzene rings is 1. The highest BCUT2D eigenvalue weighted by Crippen LogP contribution is 2.31. The van der Waals surface area contributed by atoms with Crippen molar-refractivity contribution in [3.63, 3.8) is 0 Å². The van der Waals surface area contributed by atoms with Gasteiger partial charge in [-0.05, 0) is 55.3 Å². The highest BCUT2D eigenvalue weighted by atomic mass is 16.1. The summed E-state index contributed by atoms with van der Waals surface area (Å²) in [5.74, 6) is 1.32. The van der Waals surface area contributed by atoms with E-state index in [1.807, 2.05) is 24.3 Å². The van der Waals surface area contributed by atoms with Gasteiger partial charge in [-0.3, -0.25) is 4.79 Å². The molecule has 3 atom stereocenters. The van der Waals surface area contributed by atoms with Crippen LogP contribution in [-0.2, 0) is 6.42 Å². The smallest absolute Gasteiger partial charge is 0.251 e. The third kappa shape index (κ3) is 3.35. The van der Waals surface area contributed by atoms with Crippen molar-refractivity contribution in [2.45, 2.75) is 39.2 Å². The van der Waals surface area contributed by atoms with Crippen molar-refractivity contribution in [1.82, 2.24) is 5.32 Å². The van der Waals surface area contributed by atoms with Gasteiger partial charge < -0.3 is 11.1 Å². The molecule has 1 fully saturated rings. The van der Waals surface area contributed by atoms with Crippen LogP contribution in [-0.4, -0.2) is 18.5 Å². The third-order valence-corrected chi connectivity index (χ3v) is 4.43. The van der Waals surface area contributed by atoms with Crippen LogP contribution in [0, 0.1) is 11.8 Å². The Bertz CT molecular complexity index is 427. The van der Waals surface area contributed by atoms with Gasteiger partial charge in [-0.25, -0.2) is 0 Å². The van der Waals surface area contributed by atoms with Crippen LogP contribution in [0.2, 0.25) is 0 Å². The second-order valence-corrected chi connectivity index (χ2v) is 5.73. The standard InChI is InChI=1S/C16H24N2O/c1-11-3-8-15(12(11)2)18-16(19)14-6-4-13(5-7-14)9-10-17/h4-7,11-12,15H,3,8-10,17H2,1-2H3,(H,18,19). The molecule has 3 nitrogen and oxygen atoms in total. The zero-order valence-corrected chi connectivity index (χ0v) is 11.9. The Morgan fingerprint density at radius 2 is 1.95 bits per heavy atom. The SMILES string of the molecule is CC1CCC(NC(=O)c2ccc(CCN)cc2)C1C. The molecular weight excluding hydrogens is 236 g/mol. The van der Waals surface area contributed by atoms with Gasteiger partial charge in [0.1, 0.15) is 0 Å². The molecule has 1 aliphatic carbocycles. The first kappa shape index (κ1) is 14.1. The van der Waals surface area contributed by atoms with Crippen LogP contribution in [0.3, 0.4) is 0 Å². The van der Waals surface area contributed by atoms with Crippen LogP contribution in [0.5, 0.6) is 0 Å². The Morgan fingerprint density at radius 3 is 2.47 bits per heavy atom. The summed E-state index contributed by atoms with van der Waals surface area (Å²) < 4.78 is 0. The van der Waals surface area contributed by atoms with Crippen LogP contribution in [0.15, 0.2) is 24.3 Å². The summed E-state index contributed by atoms with van der Waals surface area (Å²) in [6.45, 7) is 5.13. The highest BCUT2D eigenvalue weighted by molar-refractivity contribution is 5.94. The van der Waals surface area contributed by atoms with Gasteiger partial charge in [0.25, 0.3) is 5.91 Å². The molecular formula is C16H24N2O. The van der Waals surface area contributed by atoms with Gasteiger partial charge >= 0.3 is 0 Å². The summed E-state index contributed by atoms with van der Waals surface area (Å²) in [4.78, 5) is 12.2. The van der Waals surface area contributed by atoms with E-state index < -0.39 is 0 Å². The largest absolute Gasteiger partial charge is 0.349 e. The lowest BCUT2D eigenvalue weighted by Crippen LogP contribution is -2.37. The minimum absolute atomic E-state index is 0.0465. The van der Waals surface area contributed by atoms with E-state index in [0.717, 1.165) is 18.4 Å². The number of nitrogens with one attached hydrogen (secondary N) is 1. The van der Waals surface area contributed by atoms with Gasteiger partial charge in [-0.1, -0.05) is 26.0 Å². The Morgan fingerprint density at radius 1 is 1.26 bits per heavy atom. The fraction of sp³-hybridized carbons (Fsp3) is 0.562. The quantitative estimate of drug-likeness (QED) is 0.873. The fourth-order valence-electron chi connectivity index (χ4n) is 2.81. The molecule has 0 aromatic heterocycles. The van der Waals surface area contributed by atoms with Crippen LogP contribution < -0.4 is 11.1 Å². The van der Waals surface area contributed by atoms with Gasteiger partial charge in [0.15, 0.2) is 0 Å². The number of hydrogen-bond donors (Lipinski definition) is 2. The molecule has 0 radical (unpaired) electrons. The third-order valence-electron chi connectivity index (χ3n) is 4.43. The molecule has 3 unspecified atom stereocenters. The maximum absolute atomic E-state index is 12.2. The Kier molecular flexibility index (Phi) is 4.59. The van der Waals surface area contributed by atoms with E-state index in [9.17, 15) is 4.79 Å². The Hall–Kier alpha value is -1.35. The van der Waals surface area contributed by atoms with Gasteiger partial charge in [-0.2, -0.15) is 0 Å². The van der Waals surface area contributed by atoms with Crippen molar-refractivity contribution >= 4 is 5.91 Å². The molecule has 1 aromatic rings. The van der Waals surface area contributed by atoms with Crippen molar-refractivity contribution in [1.29, 1.82) is 0 Å². The summed E-state index contributed by atoms with van der Waals surface area (Å²) in [6, 6.07) is 8.09. The van der Waals surface area contributed by atoms with Crippen LogP contribution >= 0.6 is 0 Å². The first-order valence-electron chi connectivity index (χ1n) is 7.21. The van der Waals surface area contributed by atoms with Crippen LogP contribution in [0.25, 0.3) is 0 Å². The van der Waals surface area contributed by atoms with Crippen molar-refractivity contribution in [2.75, 3.05) is 6.54 Å². The molecule has 0 bridgehead atoms. The van der Waals surface area contributed by atoms with E-state index in [1.165, 1.54) is 12.0 Å². The van der Waals surface area contributed by atoms with E-state index in [1.54, 1.807) is 0 Å². The van der Waals surface area contributed by atoms with Crippen molar-refractivity contribution < 1.29 is 4.79 Å². The zero-order chi connectivity index (χ0) is 13.8. The minimum atomic E-state index is 0.0465. The van der Waals surface area contributed by atoms with Gasteiger partial charge in [0, 0.05) is 11.6 Å². The average molecular weight is 260 g/mol. The number of carbonyl (C=O) groups is 1. The predicted molar refractivity (Wildman–Crippen MR) is 78.0 cm³/mol. The lowest BCUT2D eigenvalue weighted by molar-refractivity contribution is 0.0927. The number of nitrogens with two attached hydrogens (primary N) is 1. The maximum atomic E-state index is 12.2. The monoisotopic (exact) mass is 260 g/mol. The van der Waals surface area contributed by atoms with E-state index in [-0.39, 0.29) is 5.91 Å². The molecule has 0 saturated heterocycles. The minimum Gasteiger partial charge on any atom is -0.349 e. The second-order valence-electron chi connectivity index (χ2n) is 5.73. The molecule has 1 amide bonds. The average Bonchev–Trinajstić information content (AvgIpc) is 2.72. The van der Waals surface area contributed by atoms with Crippen LogP contribution in [0.4, 0.5) is 0 Å². The lowest BCUT2D eigenvalue weighted by Gasteiger charge is -2.19.